The molecule has 5 rings (SSSR count). The van der Waals surface area contributed by atoms with Gasteiger partial charge in [0.15, 0.2) is 0 Å². The Balaban J connectivity index is 1.25. The zero-order valence-electron chi connectivity index (χ0n) is 21.1. The average Bonchev–Trinajstić information content (AvgIpc) is 3.16. The van der Waals surface area contributed by atoms with Gasteiger partial charge in [0.25, 0.3) is 0 Å². The summed E-state index contributed by atoms with van der Waals surface area (Å²) in [4.78, 5) is 4.16. The maximum atomic E-state index is 11.0. The molecule has 0 aliphatic heterocycles. The first kappa shape index (κ1) is 23.5. The summed E-state index contributed by atoms with van der Waals surface area (Å²) >= 11 is 0. The van der Waals surface area contributed by atoms with Crippen LogP contribution in [0.15, 0.2) is 36.2 Å². The molecule has 3 nitrogen and oxygen atoms in total. The zero-order chi connectivity index (χ0) is 23.3. The Kier molecular flexibility index (Phi) is 6.27. The van der Waals surface area contributed by atoms with E-state index in [2.05, 4.69) is 31.8 Å². The van der Waals surface area contributed by atoms with Crippen LogP contribution in [0.4, 0.5) is 0 Å². The Hall–Kier alpha value is -1.19. The number of aliphatic hydroxyl groups excluding tert-OH is 1. The van der Waals surface area contributed by atoms with E-state index in [1.807, 2.05) is 12.1 Å². The smallest absolute Gasteiger partial charge is 0.0804 e. The number of hydrogen-bond donors (Lipinski definition) is 2. The molecule has 0 bridgehead atoms. The van der Waals surface area contributed by atoms with E-state index in [0.29, 0.717) is 10.8 Å². The molecule has 0 saturated heterocycles. The van der Waals surface area contributed by atoms with Crippen molar-refractivity contribution in [2.45, 2.75) is 110 Å². The van der Waals surface area contributed by atoms with Gasteiger partial charge in [-0.25, -0.2) is 0 Å². The Labute approximate surface area is 201 Å². The van der Waals surface area contributed by atoms with Gasteiger partial charge in [-0.05, 0) is 117 Å². The Morgan fingerprint density at radius 2 is 1.97 bits per heavy atom. The van der Waals surface area contributed by atoms with Gasteiger partial charge in [-0.3, -0.25) is 4.98 Å². The molecule has 0 amide bonds. The van der Waals surface area contributed by atoms with Crippen molar-refractivity contribution in [3.05, 3.63) is 41.7 Å². The van der Waals surface area contributed by atoms with Crippen LogP contribution in [-0.2, 0) is 0 Å². The molecule has 3 saturated carbocycles. The Bertz CT molecular complexity index is 867. The number of aliphatic hydroxyl groups is 2. The second kappa shape index (κ2) is 8.79. The minimum absolute atomic E-state index is 0.317. The van der Waals surface area contributed by atoms with E-state index in [0.717, 1.165) is 61.3 Å². The summed E-state index contributed by atoms with van der Waals surface area (Å²) in [5.74, 6) is 3.30. The molecular formula is C30H45NO2. The molecule has 4 aliphatic rings. The van der Waals surface area contributed by atoms with Crippen LogP contribution in [0.1, 0.15) is 109 Å². The van der Waals surface area contributed by atoms with Crippen molar-refractivity contribution in [3.8, 4) is 0 Å². The van der Waals surface area contributed by atoms with Crippen LogP contribution in [-0.4, -0.2) is 20.8 Å². The van der Waals surface area contributed by atoms with E-state index >= 15 is 0 Å². The second-order valence-electron chi connectivity index (χ2n) is 12.6. The molecule has 0 radical (unpaired) electrons. The van der Waals surface area contributed by atoms with Gasteiger partial charge in [0.2, 0.25) is 0 Å². The molecule has 4 aliphatic carbocycles. The topological polar surface area (TPSA) is 53.4 Å². The fourth-order valence-electron chi connectivity index (χ4n) is 8.89. The van der Waals surface area contributed by atoms with E-state index in [-0.39, 0.29) is 6.10 Å². The number of fused-ring (bicyclic) bond motifs is 5. The molecule has 2 N–H and O–H groups in total. The first-order chi connectivity index (χ1) is 15.8. The first-order valence-corrected chi connectivity index (χ1v) is 13.8. The monoisotopic (exact) mass is 451 g/mol. The lowest BCUT2D eigenvalue weighted by atomic mass is 9.46. The van der Waals surface area contributed by atoms with Crippen molar-refractivity contribution in [3.63, 3.8) is 0 Å². The van der Waals surface area contributed by atoms with Gasteiger partial charge in [0, 0.05) is 12.4 Å². The van der Waals surface area contributed by atoms with E-state index < -0.39 is 5.60 Å². The number of rotatable bonds is 6. The third kappa shape index (κ3) is 4.01. The minimum atomic E-state index is -0.458. The number of hydrogen-bond acceptors (Lipinski definition) is 3. The molecule has 3 heteroatoms. The molecule has 182 valence electrons. The summed E-state index contributed by atoms with van der Waals surface area (Å²) in [6, 6.07) is 3.91. The fourth-order valence-corrected chi connectivity index (χ4v) is 8.89. The number of aromatic nitrogens is 1. The first-order valence-electron chi connectivity index (χ1n) is 13.8. The highest BCUT2D eigenvalue weighted by atomic mass is 16.3. The predicted octanol–water partition coefficient (Wildman–Crippen LogP) is 7.01. The lowest BCUT2D eigenvalue weighted by Gasteiger charge is -2.59. The second-order valence-corrected chi connectivity index (χ2v) is 12.6. The van der Waals surface area contributed by atoms with E-state index in [4.69, 9.17) is 0 Å². The standard InChI is InChI=1S/C30H45NO2/c1-4-30(33)17-16-29(3)23(19-30)10-12-24-25-13-11-22(28(25,2)15-14-26(24)29)8-5-9-27(32)21-7-6-18-31-20-21/h6-7,10,18,20,22,24-27,32-33H,4-5,8-9,11-17,19H2,1-3H3/t22-,24-,25-,26-,27+,28+,29-,30-/m0/s1. The minimum Gasteiger partial charge on any atom is -0.390 e. The van der Waals surface area contributed by atoms with Crippen molar-refractivity contribution in [2.24, 2.45) is 34.5 Å². The maximum absolute atomic E-state index is 11.0. The SMILES string of the molecule is CC[C@]1(O)CC[C@@]2(C)C(=CC[C@H]3[C@@H]4CC[C@H](CCC[C@@H](O)c5cccnc5)[C@@]4(C)CC[C@@H]32)C1. The largest absolute Gasteiger partial charge is 0.390 e. The van der Waals surface area contributed by atoms with Crippen molar-refractivity contribution < 1.29 is 10.2 Å². The van der Waals surface area contributed by atoms with Crippen LogP contribution in [0.2, 0.25) is 0 Å². The summed E-state index contributed by atoms with van der Waals surface area (Å²) < 4.78 is 0. The summed E-state index contributed by atoms with van der Waals surface area (Å²) in [6.07, 6.45) is 19.7. The van der Waals surface area contributed by atoms with Crippen LogP contribution in [0, 0.1) is 34.5 Å². The van der Waals surface area contributed by atoms with Gasteiger partial charge in [-0.2, -0.15) is 0 Å². The number of pyridine rings is 1. The summed E-state index contributed by atoms with van der Waals surface area (Å²) in [6.45, 7) is 7.30. The van der Waals surface area contributed by atoms with Crippen LogP contribution in [0.5, 0.6) is 0 Å². The predicted molar refractivity (Wildman–Crippen MR) is 133 cm³/mol. The zero-order valence-corrected chi connectivity index (χ0v) is 21.1. The molecule has 0 unspecified atom stereocenters. The molecule has 8 atom stereocenters. The van der Waals surface area contributed by atoms with Crippen molar-refractivity contribution >= 4 is 0 Å². The summed E-state index contributed by atoms with van der Waals surface area (Å²) in [7, 11) is 0. The van der Waals surface area contributed by atoms with Gasteiger partial charge in [-0.1, -0.05) is 44.9 Å². The lowest BCUT2D eigenvalue weighted by molar-refractivity contribution is -0.0718. The Morgan fingerprint density at radius 3 is 2.73 bits per heavy atom. The highest BCUT2D eigenvalue weighted by molar-refractivity contribution is 5.27. The maximum Gasteiger partial charge on any atom is 0.0804 e. The van der Waals surface area contributed by atoms with Crippen molar-refractivity contribution in [2.75, 3.05) is 0 Å². The van der Waals surface area contributed by atoms with E-state index in [9.17, 15) is 10.2 Å². The molecule has 0 spiro atoms. The van der Waals surface area contributed by atoms with Crippen LogP contribution in [0.3, 0.4) is 0 Å². The number of allylic oxidation sites excluding steroid dienone is 1. The van der Waals surface area contributed by atoms with Crippen LogP contribution < -0.4 is 0 Å². The molecular weight excluding hydrogens is 406 g/mol. The average molecular weight is 452 g/mol. The van der Waals surface area contributed by atoms with Crippen LogP contribution in [0.25, 0.3) is 0 Å². The van der Waals surface area contributed by atoms with E-state index in [1.54, 1.807) is 18.0 Å². The quantitative estimate of drug-likeness (QED) is 0.458. The number of nitrogens with zero attached hydrogens (tertiary/aromatic N) is 1. The molecule has 33 heavy (non-hydrogen) atoms. The molecule has 1 aromatic rings. The van der Waals surface area contributed by atoms with Crippen LogP contribution >= 0.6 is 0 Å². The lowest BCUT2D eigenvalue weighted by Crippen LogP contribution is -2.52. The van der Waals surface area contributed by atoms with Gasteiger partial charge >= 0.3 is 0 Å². The van der Waals surface area contributed by atoms with E-state index in [1.165, 1.54) is 44.9 Å². The third-order valence-electron chi connectivity index (χ3n) is 11.2. The molecule has 0 aromatic carbocycles. The molecule has 1 aromatic heterocycles. The van der Waals surface area contributed by atoms with Crippen molar-refractivity contribution in [1.82, 2.24) is 4.98 Å². The fraction of sp³-hybridized carbons (Fsp3) is 0.767. The van der Waals surface area contributed by atoms with Gasteiger partial charge in [0.1, 0.15) is 0 Å². The third-order valence-corrected chi connectivity index (χ3v) is 11.2. The van der Waals surface area contributed by atoms with Gasteiger partial charge < -0.3 is 10.2 Å². The van der Waals surface area contributed by atoms with Crippen molar-refractivity contribution in [1.29, 1.82) is 0 Å². The molecule has 3 fully saturated rings. The summed E-state index contributed by atoms with van der Waals surface area (Å²) in [5, 5.41) is 21.6. The van der Waals surface area contributed by atoms with Gasteiger partial charge in [0.05, 0.1) is 11.7 Å². The normalized spacial score (nSPS) is 43.2. The summed E-state index contributed by atoms with van der Waals surface area (Å²) in [5.41, 5.74) is 2.87. The van der Waals surface area contributed by atoms with Gasteiger partial charge in [-0.15, -0.1) is 0 Å². The highest BCUT2D eigenvalue weighted by Gasteiger charge is 2.59. The highest BCUT2D eigenvalue weighted by Crippen LogP contribution is 2.67. The molecule has 1 heterocycles. The Morgan fingerprint density at radius 1 is 1.12 bits per heavy atom.